The minimum atomic E-state index is 0.303. The predicted octanol–water partition coefficient (Wildman–Crippen LogP) is 2.43. The summed E-state index contributed by atoms with van der Waals surface area (Å²) in [6, 6.07) is 0. The lowest BCUT2D eigenvalue weighted by atomic mass is 9.96. The highest BCUT2D eigenvalue weighted by Gasteiger charge is 2.18. The highest BCUT2D eigenvalue weighted by molar-refractivity contribution is 7.09. The topological polar surface area (TPSA) is 54.7 Å². The van der Waals surface area contributed by atoms with E-state index in [-0.39, 0.29) is 0 Å². The van der Waals surface area contributed by atoms with Gasteiger partial charge < -0.3 is 9.94 Å². The molecule has 1 heterocycles. The van der Waals surface area contributed by atoms with Gasteiger partial charge >= 0.3 is 0 Å². The zero-order valence-corrected chi connectivity index (χ0v) is 9.24. The van der Waals surface area contributed by atoms with E-state index in [4.69, 9.17) is 9.94 Å². The molecule has 82 valence electrons. The van der Waals surface area contributed by atoms with Crippen LogP contribution in [0, 0.1) is 0 Å². The molecule has 1 aromatic heterocycles. The number of nitrogens with zero attached hydrogens (tertiary/aromatic N) is 2. The second kappa shape index (κ2) is 5.23. The van der Waals surface area contributed by atoms with Crippen LogP contribution in [0.2, 0.25) is 0 Å². The molecule has 0 spiro atoms. The molecular formula is C10H14N2O2S. The van der Waals surface area contributed by atoms with Gasteiger partial charge in [-0.15, -0.1) is 11.3 Å². The van der Waals surface area contributed by atoms with Crippen LogP contribution in [-0.4, -0.2) is 22.0 Å². The van der Waals surface area contributed by atoms with Gasteiger partial charge in [0.1, 0.15) is 0 Å². The summed E-state index contributed by atoms with van der Waals surface area (Å²) < 4.78 is 5.75. The number of hydrogen-bond acceptors (Lipinski definition) is 5. The van der Waals surface area contributed by atoms with E-state index in [1.54, 1.807) is 11.3 Å². The average molecular weight is 226 g/mol. The van der Waals surface area contributed by atoms with Crippen molar-refractivity contribution in [1.29, 1.82) is 0 Å². The summed E-state index contributed by atoms with van der Waals surface area (Å²) >= 11 is 1.62. The molecule has 5 heteroatoms. The second-order valence-electron chi connectivity index (χ2n) is 3.64. The van der Waals surface area contributed by atoms with Crippen molar-refractivity contribution in [3.8, 4) is 0 Å². The van der Waals surface area contributed by atoms with E-state index in [2.05, 4.69) is 10.1 Å². The number of ether oxygens (including phenoxy) is 1. The van der Waals surface area contributed by atoms with Gasteiger partial charge in [0.25, 0.3) is 0 Å². The van der Waals surface area contributed by atoms with Crippen molar-refractivity contribution in [3.63, 3.8) is 0 Å². The third-order valence-corrected chi connectivity index (χ3v) is 3.35. The fraction of sp³-hybridized carbons (Fsp3) is 0.600. The van der Waals surface area contributed by atoms with Crippen LogP contribution in [0.25, 0.3) is 0 Å². The van der Waals surface area contributed by atoms with E-state index in [1.165, 1.54) is 0 Å². The maximum atomic E-state index is 8.60. The minimum absolute atomic E-state index is 0.303. The normalized spacial score (nSPS) is 21.6. The Kier molecular flexibility index (Phi) is 3.69. The number of rotatable bonds is 3. The smallest absolute Gasteiger partial charge is 0.0829 e. The summed E-state index contributed by atoms with van der Waals surface area (Å²) in [5.74, 6) is 0. The van der Waals surface area contributed by atoms with Crippen LogP contribution in [0.1, 0.15) is 30.6 Å². The fourth-order valence-corrected chi connectivity index (χ4v) is 2.22. The molecule has 1 aliphatic carbocycles. The van der Waals surface area contributed by atoms with E-state index in [9.17, 15) is 0 Å². The largest absolute Gasteiger partial charge is 0.411 e. The predicted molar refractivity (Wildman–Crippen MR) is 58.4 cm³/mol. The molecule has 0 bridgehead atoms. The lowest BCUT2D eigenvalue weighted by Crippen LogP contribution is -2.21. The van der Waals surface area contributed by atoms with Crippen LogP contribution >= 0.6 is 11.3 Å². The third kappa shape index (κ3) is 3.00. The standard InChI is InChI=1S/C10H14N2O2S/c13-12-8-1-3-9(4-2-8)14-6-10-5-11-7-15-10/h5,7,9,13H,1-4,6H2. The van der Waals surface area contributed by atoms with Crippen molar-refractivity contribution in [3.05, 3.63) is 16.6 Å². The molecule has 1 saturated carbocycles. The average Bonchev–Trinajstić information content (AvgIpc) is 2.80. The molecule has 0 unspecified atom stereocenters. The van der Waals surface area contributed by atoms with E-state index < -0.39 is 0 Å². The summed E-state index contributed by atoms with van der Waals surface area (Å²) in [5, 5.41) is 11.8. The zero-order chi connectivity index (χ0) is 10.5. The number of oxime groups is 1. The van der Waals surface area contributed by atoms with Crippen LogP contribution in [0.5, 0.6) is 0 Å². The maximum Gasteiger partial charge on any atom is 0.0829 e. The first-order chi connectivity index (χ1) is 7.38. The lowest BCUT2D eigenvalue weighted by Gasteiger charge is -2.22. The van der Waals surface area contributed by atoms with Gasteiger partial charge in [-0.25, -0.2) is 0 Å². The highest BCUT2D eigenvalue weighted by atomic mass is 32.1. The van der Waals surface area contributed by atoms with Crippen LogP contribution in [0.4, 0.5) is 0 Å². The maximum absolute atomic E-state index is 8.60. The van der Waals surface area contributed by atoms with Crippen molar-refractivity contribution >= 4 is 17.0 Å². The molecule has 2 rings (SSSR count). The van der Waals surface area contributed by atoms with Crippen LogP contribution in [0.3, 0.4) is 0 Å². The summed E-state index contributed by atoms with van der Waals surface area (Å²) in [5.41, 5.74) is 2.71. The first kappa shape index (κ1) is 10.6. The molecule has 0 aliphatic heterocycles. The molecule has 1 N–H and O–H groups in total. The Labute approximate surface area is 92.6 Å². The molecule has 1 fully saturated rings. The first-order valence-corrected chi connectivity index (χ1v) is 5.95. The Morgan fingerprint density at radius 3 is 2.93 bits per heavy atom. The molecular weight excluding hydrogens is 212 g/mol. The van der Waals surface area contributed by atoms with Crippen molar-refractivity contribution in [2.24, 2.45) is 5.16 Å². The molecule has 0 atom stereocenters. The third-order valence-electron chi connectivity index (χ3n) is 2.60. The minimum Gasteiger partial charge on any atom is -0.411 e. The molecule has 0 saturated heterocycles. The molecule has 4 nitrogen and oxygen atoms in total. The van der Waals surface area contributed by atoms with Gasteiger partial charge in [0, 0.05) is 6.20 Å². The number of thiazole rings is 1. The first-order valence-electron chi connectivity index (χ1n) is 5.07. The zero-order valence-electron chi connectivity index (χ0n) is 8.43. The fourth-order valence-electron chi connectivity index (χ4n) is 1.70. The van der Waals surface area contributed by atoms with Gasteiger partial charge in [-0.3, -0.25) is 4.98 Å². The van der Waals surface area contributed by atoms with E-state index in [1.807, 2.05) is 11.7 Å². The molecule has 0 radical (unpaired) electrons. The molecule has 0 aromatic carbocycles. The highest BCUT2D eigenvalue weighted by Crippen LogP contribution is 2.20. The van der Waals surface area contributed by atoms with Gasteiger partial charge in [-0.2, -0.15) is 0 Å². The number of aromatic nitrogens is 1. The van der Waals surface area contributed by atoms with Crippen molar-refractivity contribution in [2.75, 3.05) is 0 Å². The van der Waals surface area contributed by atoms with E-state index >= 15 is 0 Å². The Hall–Kier alpha value is -0.940. The van der Waals surface area contributed by atoms with Crippen molar-refractivity contribution in [2.45, 2.75) is 38.4 Å². The Morgan fingerprint density at radius 1 is 1.53 bits per heavy atom. The van der Waals surface area contributed by atoms with E-state index in [0.717, 1.165) is 36.3 Å². The van der Waals surface area contributed by atoms with Gasteiger partial charge in [0.2, 0.25) is 0 Å². The Morgan fingerprint density at radius 2 is 2.33 bits per heavy atom. The van der Waals surface area contributed by atoms with Crippen LogP contribution < -0.4 is 0 Å². The molecule has 15 heavy (non-hydrogen) atoms. The summed E-state index contributed by atoms with van der Waals surface area (Å²) in [6.07, 6.45) is 5.76. The Balaban J connectivity index is 1.73. The monoisotopic (exact) mass is 226 g/mol. The van der Waals surface area contributed by atoms with Gasteiger partial charge in [-0.05, 0) is 25.7 Å². The summed E-state index contributed by atoms with van der Waals surface area (Å²) in [6.45, 7) is 0.654. The van der Waals surface area contributed by atoms with Gasteiger partial charge in [0.15, 0.2) is 0 Å². The molecule has 0 amide bonds. The molecule has 1 aromatic rings. The SMILES string of the molecule is ON=C1CCC(OCc2cncs2)CC1. The van der Waals surface area contributed by atoms with Crippen LogP contribution in [0.15, 0.2) is 16.9 Å². The van der Waals surface area contributed by atoms with E-state index in [0.29, 0.717) is 12.7 Å². The Bertz CT molecular complexity index is 314. The lowest BCUT2D eigenvalue weighted by molar-refractivity contribution is 0.0291. The summed E-state index contributed by atoms with van der Waals surface area (Å²) in [4.78, 5) is 5.16. The van der Waals surface area contributed by atoms with Crippen molar-refractivity contribution < 1.29 is 9.94 Å². The van der Waals surface area contributed by atoms with Crippen LogP contribution in [-0.2, 0) is 11.3 Å². The second-order valence-corrected chi connectivity index (χ2v) is 4.62. The molecule has 1 aliphatic rings. The number of hydrogen-bond donors (Lipinski definition) is 1. The quantitative estimate of drug-likeness (QED) is 0.636. The summed E-state index contributed by atoms with van der Waals surface area (Å²) in [7, 11) is 0. The van der Waals surface area contributed by atoms with Gasteiger partial charge in [0.05, 0.1) is 28.8 Å². The van der Waals surface area contributed by atoms with Crippen molar-refractivity contribution in [1.82, 2.24) is 4.98 Å². The van der Waals surface area contributed by atoms with Gasteiger partial charge in [-0.1, -0.05) is 5.16 Å².